The number of carbonyl (C=O) groups excluding carboxylic acids is 7. The number of amides is 7. The Hall–Kier alpha value is -7.35. The summed E-state index contributed by atoms with van der Waals surface area (Å²) < 4.78 is 0. The van der Waals surface area contributed by atoms with Crippen molar-refractivity contribution < 1.29 is 58.5 Å². The lowest BCUT2D eigenvalue weighted by molar-refractivity contribution is -0.143. The van der Waals surface area contributed by atoms with Crippen molar-refractivity contribution in [1.29, 1.82) is 0 Å². The third-order valence-electron chi connectivity index (χ3n) is 8.48. The lowest BCUT2D eigenvalue weighted by Crippen LogP contribution is -2.59. The normalized spacial score (nSPS) is 13.2. The van der Waals surface area contributed by atoms with Crippen LogP contribution in [0.4, 0.5) is 0 Å². The highest BCUT2D eigenvalue weighted by molar-refractivity contribution is 5.97. The van der Waals surface area contributed by atoms with Crippen LogP contribution in [0.5, 0.6) is 5.75 Å². The van der Waals surface area contributed by atoms with Gasteiger partial charge in [0.05, 0.1) is 32.0 Å². The zero-order chi connectivity index (χ0) is 43.5. The molecule has 3 aromatic rings. The molecule has 3 aromatic carbocycles. The SMILES string of the molecule is NC(=O)C[C@H](N)C(=O)NCC(=O)NCC(=O)N[C@@H](Cc1ccccc1)C(=O)N[C@@H](Cc1ccccc1)C(=O)N[C@@H](CC(=O)O)C(=O)N[C@@H](Cc1ccc(O)cc1)C(=O)O. The van der Waals surface area contributed by atoms with E-state index in [1.165, 1.54) is 24.3 Å². The molecule has 314 valence electrons. The molecule has 3 rings (SSSR count). The second-order valence-corrected chi connectivity index (χ2v) is 13.3. The molecule has 0 aliphatic rings. The monoisotopic (exact) mass is 818 g/mol. The first-order valence-corrected chi connectivity index (χ1v) is 18.1. The quantitative estimate of drug-likeness (QED) is 0.0467. The highest BCUT2D eigenvalue weighted by Gasteiger charge is 2.33. The minimum Gasteiger partial charge on any atom is -0.508 e. The van der Waals surface area contributed by atoms with Gasteiger partial charge >= 0.3 is 11.9 Å². The molecule has 0 aliphatic carbocycles. The lowest BCUT2D eigenvalue weighted by atomic mass is 10.0. The number of benzene rings is 3. The maximum Gasteiger partial charge on any atom is 0.326 e. The molecule has 0 spiro atoms. The van der Waals surface area contributed by atoms with Gasteiger partial charge in [-0.05, 0) is 28.8 Å². The number of carbonyl (C=O) groups is 9. The number of phenols is 1. The van der Waals surface area contributed by atoms with Crippen molar-refractivity contribution in [2.45, 2.75) is 62.3 Å². The van der Waals surface area contributed by atoms with Gasteiger partial charge in [0.25, 0.3) is 0 Å². The number of carboxylic acid groups (broad SMARTS) is 2. The van der Waals surface area contributed by atoms with Crippen LogP contribution in [0.1, 0.15) is 29.5 Å². The minimum absolute atomic E-state index is 0.0744. The molecule has 0 aromatic heterocycles. The number of hydrogen-bond donors (Lipinski definition) is 11. The molecule has 0 radical (unpaired) electrons. The van der Waals surface area contributed by atoms with E-state index in [1.54, 1.807) is 60.7 Å². The summed E-state index contributed by atoms with van der Waals surface area (Å²) in [5.74, 6) is -9.37. The standard InChI is InChI=1S/C39H46N8O12/c40-26(18-31(41)49)35(54)43-20-32(50)42-21-33(51)44-27(15-22-7-3-1-4-8-22)36(55)45-28(16-23-9-5-2-6-10-23)37(56)46-29(19-34(52)53)38(57)47-30(39(58)59)17-24-11-13-25(48)14-12-24/h1-14,26-30,48H,15-21,40H2,(H2,41,49)(H,42,50)(H,43,54)(H,44,51)(H,45,55)(H,46,56)(H,47,57)(H,52,53)(H,58,59)/t26-,27-,28-,29-,30-/m0/s1. The number of hydrogen-bond acceptors (Lipinski definition) is 11. The predicted octanol–water partition coefficient (Wildman–Crippen LogP) is -2.65. The van der Waals surface area contributed by atoms with Gasteiger partial charge in [-0.15, -0.1) is 0 Å². The average molecular weight is 819 g/mol. The Morgan fingerprint density at radius 2 is 0.949 bits per heavy atom. The topological polar surface area (TPSA) is 339 Å². The molecule has 0 fully saturated rings. The van der Waals surface area contributed by atoms with E-state index in [0.29, 0.717) is 16.7 Å². The highest BCUT2D eigenvalue weighted by Crippen LogP contribution is 2.12. The van der Waals surface area contributed by atoms with Crippen LogP contribution in [0.3, 0.4) is 0 Å². The van der Waals surface area contributed by atoms with Crippen LogP contribution in [-0.4, -0.2) is 112 Å². The van der Waals surface area contributed by atoms with Gasteiger partial charge < -0.3 is 58.7 Å². The molecule has 0 unspecified atom stereocenters. The highest BCUT2D eigenvalue weighted by atomic mass is 16.4. The first-order chi connectivity index (χ1) is 28.0. The van der Waals surface area contributed by atoms with Crippen LogP contribution in [-0.2, 0) is 62.4 Å². The van der Waals surface area contributed by atoms with Crippen LogP contribution >= 0.6 is 0 Å². The molecule has 13 N–H and O–H groups in total. The average Bonchev–Trinajstić information content (AvgIpc) is 3.19. The van der Waals surface area contributed by atoms with Crippen molar-refractivity contribution in [3.8, 4) is 5.75 Å². The largest absolute Gasteiger partial charge is 0.508 e. The van der Waals surface area contributed by atoms with Crippen molar-refractivity contribution in [3.63, 3.8) is 0 Å². The number of rotatable bonds is 23. The van der Waals surface area contributed by atoms with Crippen molar-refractivity contribution in [3.05, 3.63) is 102 Å². The molecule has 5 atom stereocenters. The summed E-state index contributed by atoms with van der Waals surface area (Å²) in [5.41, 5.74) is 12.1. The fraction of sp³-hybridized carbons (Fsp3) is 0.308. The minimum atomic E-state index is -1.80. The molecule has 20 heteroatoms. The number of aromatic hydroxyl groups is 1. The van der Waals surface area contributed by atoms with Crippen LogP contribution in [0.2, 0.25) is 0 Å². The summed E-state index contributed by atoms with van der Waals surface area (Å²) in [4.78, 5) is 113. The molecule has 0 saturated carbocycles. The predicted molar refractivity (Wildman–Crippen MR) is 208 cm³/mol. The summed E-state index contributed by atoms with van der Waals surface area (Å²) in [7, 11) is 0. The molecule has 59 heavy (non-hydrogen) atoms. The van der Waals surface area contributed by atoms with Crippen molar-refractivity contribution in [2.75, 3.05) is 13.1 Å². The Labute approximate surface area is 337 Å². The van der Waals surface area contributed by atoms with Crippen LogP contribution in [0.15, 0.2) is 84.9 Å². The van der Waals surface area contributed by atoms with E-state index in [9.17, 15) is 58.5 Å². The third kappa shape index (κ3) is 16.7. The molecule has 0 aliphatic heterocycles. The molecular formula is C39H46N8O12. The molecule has 0 bridgehead atoms. The molecule has 20 nitrogen and oxygen atoms in total. The van der Waals surface area contributed by atoms with E-state index >= 15 is 0 Å². The molecule has 7 amide bonds. The summed E-state index contributed by atoms with van der Waals surface area (Å²) in [6.07, 6.45) is -1.93. The number of aliphatic carboxylic acids is 2. The van der Waals surface area contributed by atoms with E-state index < -0.39 is 109 Å². The Bertz CT molecular complexity index is 1960. The summed E-state index contributed by atoms with van der Waals surface area (Å²) in [6.45, 7) is -1.25. The van der Waals surface area contributed by atoms with Crippen LogP contribution < -0.4 is 43.4 Å². The van der Waals surface area contributed by atoms with Gasteiger partial charge in [0.2, 0.25) is 41.4 Å². The smallest absolute Gasteiger partial charge is 0.326 e. The van der Waals surface area contributed by atoms with Crippen molar-refractivity contribution in [1.82, 2.24) is 31.9 Å². The van der Waals surface area contributed by atoms with Crippen LogP contribution in [0.25, 0.3) is 0 Å². The third-order valence-corrected chi connectivity index (χ3v) is 8.48. The number of primary amides is 1. The Morgan fingerprint density at radius 1 is 0.508 bits per heavy atom. The van der Waals surface area contributed by atoms with Gasteiger partial charge in [0.15, 0.2) is 0 Å². The lowest BCUT2D eigenvalue weighted by Gasteiger charge is -2.26. The van der Waals surface area contributed by atoms with Gasteiger partial charge in [-0.25, -0.2) is 4.79 Å². The van der Waals surface area contributed by atoms with Gasteiger partial charge in [0.1, 0.15) is 29.9 Å². The Kier molecular flexibility index (Phi) is 18.0. The maximum atomic E-state index is 13.9. The van der Waals surface area contributed by atoms with Gasteiger partial charge in [-0.2, -0.15) is 0 Å². The maximum absolute atomic E-state index is 13.9. The molecule has 0 saturated heterocycles. The van der Waals surface area contributed by atoms with Crippen molar-refractivity contribution in [2.24, 2.45) is 11.5 Å². The van der Waals surface area contributed by atoms with Gasteiger partial charge in [-0.3, -0.25) is 38.4 Å². The Morgan fingerprint density at radius 3 is 1.46 bits per heavy atom. The number of nitrogens with two attached hydrogens (primary N) is 2. The zero-order valence-corrected chi connectivity index (χ0v) is 31.6. The van der Waals surface area contributed by atoms with E-state index in [-0.39, 0.29) is 25.0 Å². The van der Waals surface area contributed by atoms with Gasteiger partial charge in [-0.1, -0.05) is 72.8 Å². The zero-order valence-electron chi connectivity index (χ0n) is 31.6. The van der Waals surface area contributed by atoms with E-state index in [1.807, 2.05) is 0 Å². The Balaban J connectivity index is 1.78. The number of phenolic OH excluding ortho intramolecular Hbond substituents is 1. The fourth-order valence-electron chi connectivity index (χ4n) is 5.48. The second kappa shape index (κ2) is 23.0. The summed E-state index contributed by atoms with van der Waals surface area (Å²) in [6, 6.07) is 14.8. The number of nitrogens with one attached hydrogen (secondary N) is 6. The van der Waals surface area contributed by atoms with Crippen LogP contribution in [0, 0.1) is 0 Å². The molecule has 0 heterocycles. The van der Waals surface area contributed by atoms with E-state index in [4.69, 9.17) is 11.5 Å². The number of carboxylic acids is 2. The van der Waals surface area contributed by atoms with E-state index in [0.717, 1.165) is 0 Å². The summed E-state index contributed by atoms with van der Waals surface area (Å²) in [5, 5.41) is 43.1. The first kappa shape index (κ1) is 46.0. The summed E-state index contributed by atoms with van der Waals surface area (Å²) >= 11 is 0. The van der Waals surface area contributed by atoms with Crippen molar-refractivity contribution >= 4 is 53.3 Å². The fourth-order valence-corrected chi connectivity index (χ4v) is 5.48. The van der Waals surface area contributed by atoms with E-state index in [2.05, 4.69) is 31.9 Å². The second-order valence-electron chi connectivity index (χ2n) is 13.3. The first-order valence-electron chi connectivity index (χ1n) is 18.1. The molecular weight excluding hydrogens is 772 g/mol. The van der Waals surface area contributed by atoms with Gasteiger partial charge in [0, 0.05) is 19.3 Å².